The molecule has 0 aromatic carbocycles. The SMILES string of the molecule is COCC(=O)N1CCC2(CC1)CC(=O)N(Cc1c(C)noc1C)C2. The van der Waals surface area contributed by atoms with Crippen molar-refractivity contribution in [2.75, 3.05) is 33.4 Å². The van der Waals surface area contributed by atoms with Gasteiger partial charge in [0.2, 0.25) is 11.8 Å². The fraction of sp³-hybridized carbons (Fsp3) is 0.706. The number of likely N-dealkylation sites (tertiary alicyclic amines) is 2. The van der Waals surface area contributed by atoms with Gasteiger partial charge in [-0.25, -0.2) is 0 Å². The van der Waals surface area contributed by atoms with Crippen LogP contribution in [0.25, 0.3) is 0 Å². The van der Waals surface area contributed by atoms with Gasteiger partial charge in [0.1, 0.15) is 12.4 Å². The van der Waals surface area contributed by atoms with Crippen molar-refractivity contribution in [2.24, 2.45) is 5.41 Å². The average molecular weight is 335 g/mol. The third-order valence-electron chi connectivity index (χ3n) is 5.38. The normalized spacial score (nSPS) is 20.2. The molecule has 24 heavy (non-hydrogen) atoms. The van der Waals surface area contributed by atoms with Crippen LogP contribution in [0.15, 0.2) is 4.52 Å². The van der Waals surface area contributed by atoms with Gasteiger partial charge < -0.3 is 19.1 Å². The third-order valence-corrected chi connectivity index (χ3v) is 5.38. The van der Waals surface area contributed by atoms with Crippen LogP contribution in [-0.4, -0.2) is 60.1 Å². The topological polar surface area (TPSA) is 75.9 Å². The zero-order valence-electron chi connectivity index (χ0n) is 14.6. The zero-order valence-corrected chi connectivity index (χ0v) is 14.6. The summed E-state index contributed by atoms with van der Waals surface area (Å²) in [5.41, 5.74) is 1.86. The molecule has 1 aromatic rings. The van der Waals surface area contributed by atoms with Gasteiger partial charge in [-0.2, -0.15) is 0 Å². The first-order valence-electron chi connectivity index (χ1n) is 8.40. The van der Waals surface area contributed by atoms with Crippen LogP contribution in [0.3, 0.4) is 0 Å². The number of rotatable bonds is 4. The number of aryl methyl sites for hydroxylation is 2. The first-order valence-corrected chi connectivity index (χ1v) is 8.40. The highest BCUT2D eigenvalue weighted by atomic mass is 16.5. The molecule has 0 N–H and O–H groups in total. The quantitative estimate of drug-likeness (QED) is 0.828. The van der Waals surface area contributed by atoms with Crippen LogP contribution in [0.5, 0.6) is 0 Å². The van der Waals surface area contributed by atoms with Crippen molar-refractivity contribution < 1.29 is 18.8 Å². The Morgan fingerprint density at radius 2 is 2.04 bits per heavy atom. The minimum atomic E-state index is -0.0000903. The molecule has 2 saturated heterocycles. The van der Waals surface area contributed by atoms with Crippen LogP contribution < -0.4 is 0 Å². The van der Waals surface area contributed by atoms with Crippen molar-refractivity contribution in [2.45, 2.75) is 39.7 Å². The minimum Gasteiger partial charge on any atom is -0.375 e. The molecule has 0 atom stereocenters. The number of amides is 2. The largest absolute Gasteiger partial charge is 0.375 e. The van der Waals surface area contributed by atoms with Crippen molar-refractivity contribution in [3.05, 3.63) is 17.0 Å². The monoisotopic (exact) mass is 335 g/mol. The maximum atomic E-state index is 12.5. The summed E-state index contributed by atoms with van der Waals surface area (Å²) in [6.45, 7) is 6.64. The van der Waals surface area contributed by atoms with Crippen molar-refractivity contribution in [1.29, 1.82) is 0 Å². The number of methoxy groups -OCH3 is 1. The number of ether oxygens (including phenoxy) is 1. The number of carbonyl (C=O) groups excluding carboxylic acids is 2. The molecule has 2 amide bonds. The Kier molecular flexibility index (Phi) is 4.62. The number of aromatic nitrogens is 1. The van der Waals surface area contributed by atoms with E-state index >= 15 is 0 Å². The lowest BCUT2D eigenvalue weighted by Crippen LogP contribution is -2.45. The molecule has 1 aromatic heterocycles. The molecular weight excluding hydrogens is 310 g/mol. The van der Waals surface area contributed by atoms with E-state index in [4.69, 9.17) is 9.26 Å². The molecule has 3 heterocycles. The van der Waals surface area contributed by atoms with E-state index in [2.05, 4.69) is 5.16 Å². The molecule has 132 valence electrons. The Labute approximate surface area is 141 Å². The Hall–Kier alpha value is -1.89. The van der Waals surface area contributed by atoms with Gasteiger partial charge in [-0.05, 0) is 26.7 Å². The van der Waals surface area contributed by atoms with Crippen molar-refractivity contribution in [3.63, 3.8) is 0 Å². The summed E-state index contributed by atoms with van der Waals surface area (Å²) < 4.78 is 10.1. The van der Waals surface area contributed by atoms with E-state index in [-0.39, 0.29) is 23.8 Å². The Balaban J connectivity index is 1.62. The van der Waals surface area contributed by atoms with Crippen LogP contribution in [-0.2, 0) is 20.9 Å². The lowest BCUT2D eigenvalue weighted by atomic mass is 9.77. The Bertz CT molecular complexity index is 612. The lowest BCUT2D eigenvalue weighted by Gasteiger charge is -2.38. The summed E-state index contributed by atoms with van der Waals surface area (Å²) in [7, 11) is 1.53. The van der Waals surface area contributed by atoms with Gasteiger partial charge in [0.25, 0.3) is 0 Å². The molecule has 0 bridgehead atoms. The van der Waals surface area contributed by atoms with Crippen LogP contribution >= 0.6 is 0 Å². The predicted octanol–water partition coefficient (Wildman–Crippen LogP) is 1.28. The molecule has 1 spiro atoms. The van der Waals surface area contributed by atoms with Crippen LogP contribution in [0.1, 0.15) is 36.3 Å². The van der Waals surface area contributed by atoms with Crippen molar-refractivity contribution >= 4 is 11.8 Å². The van der Waals surface area contributed by atoms with Crippen molar-refractivity contribution in [3.8, 4) is 0 Å². The molecule has 0 aliphatic carbocycles. The molecule has 0 saturated carbocycles. The summed E-state index contributed by atoms with van der Waals surface area (Å²) in [5.74, 6) is 0.997. The number of hydrogen-bond acceptors (Lipinski definition) is 5. The molecule has 2 aliphatic heterocycles. The van der Waals surface area contributed by atoms with Gasteiger partial charge in [0.15, 0.2) is 0 Å². The highest BCUT2D eigenvalue weighted by Gasteiger charge is 2.45. The molecule has 7 nitrogen and oxygen atoms in total. The highest BCUT2D eigenvalue weighted by molar-refractivity contribution is 5.80. The Morgan fingerprint density at radius 3 is 2.62 bits per heavy atom. The van der Waals surface area contributed by atoms with Gasteiger partial charge in [-0.3, -0.25) is 9.59 Å². The van der Waals surface area contributed by atoms with E-state index in [0.717, 1.165) is 36.4 Å². The smallest absolute Gasteiger partial charge is 0.248 e. The van der Waals surface area contributed by atoms with Crippen LogP contribution in [0.2, 0.25) is 0 Å². The summed E-state index contributed by atoms with van der Waals surface area (Å²) in [4.78, 5) is 28.2. The molecule has 7 heteroatoms. The second kappa shape index (κ2) is 6.55. The summed E-state index contributed by atoms with van der Waals surface area (Å²) in [6, 6.07) is 0. The zero-order chi connectivity index (χ0) is 17.3. The van der Waals surface area contributed by atoms with Gasteiger partial charge >= 0.3 is 0 Å². The average Bonchev–Trinajstić information content (AvgIpc) is 3.02. The maximum absolute atomic E-state index is 12.5. The summed E-state index contributed by atoms with van der Waals surface area (Å²) in [6.07, 6.45) is 2.31. The van der Waals surface area contributed by atoms with Gasteiger partial charge in [-0.15, -0.1) is 0 Å². The van der Waals surface area contributed by atoms with E-state index in [1.165, 1.54) is 7.11 Å². The standard InChI is InChI=1S/C17H25N3O4/c1-12-14(13(2)24-18-12)9-20-11-17(8-15(20)21)4-6-19(7-5-17)16(22)10-23-3/h4-11H2,1-3H3. The van der Waals surface area contributed by atoms with E-state index < -0.39 is 0 Å². The van der Waals surface area contributed by atoms with E-state index in [1.54, 1.807) is 0 Å². The fourth-order valence-corrected chi connectivity index (χ4v) is 3.82. The molecule has 2 aliphatic rings. The van der Waals surface area contributed by atoms with Crippen molar-refractivity contribution in [1.82, 2.24) is 15.0 Å². The summed E-state index contributed by atoms with van der Waals surface area (Å²) >= 11 is 0. The van der Waals surface area contributed by atoms with E-state index in [9.17, 15) is 9.59 Å². The van der Waals surface area contributed by atoms with E-state index in [0.29, 0.717) is 26.1 Å². The first kappa shape index (κ1) is 17.0. The second-order valence-corrected chi connectivity index (χ2v) is 7.04. The minimum absolute atomic E-state index is 0.0000903. The van der Waals surface area contributed by atoms with Gasteiger partial charge in [0.05, 0.1) is 12.2 Å². The molecule has 0 unspecified atom stereocenters. The van der Waals surface area contributed by atoms with Crippen LogP contribution in [0.4, 0.5) is 0 Å². The number of nitrogens with zero attached hydrogens (tertiary/aromatic N) is 3. The van der Waals surface area contributed by atoms with Crippen LogP contribution in [0, 0.1) is 19.3 Å². The molecule has 3 rings (SSSR count). The Morgan fingerprint density at radius 1 is 1.33 bits per heavy atom. The van der Waals surface area contributed by atoms with Gasteiger partial charge in [-0.1, -0.05) is 5.16 Å². The first-order chi connectivity index (χ1) is 11.4. The lowest BCUT2D eigenvalue weighted by molar-refractivity contribution is -0.137. The third kappa shape index (κ3) is 3.17. The number of hydrogen-bond donors (Lipinski definition) is 0. The highest BCUT2D eigenvalue weighted by Crippen LogP contribution is 2.41. The predicted molar refractivity (Wildman–Crippen MR) is 86.1 cm³/mol. The second-order valence-electron chi connectivity index (χ2n) is 7.04. The molecule has 0 radical (unpaired) electrons. The molecular formula is C17H25N3O4. The van der Waals surface area contributed by atoms with Gasteiger partial charge in [0, 0.05) is 44.1 Å². The fourth-order valence-electron chi connectivity index (χ4n) is 3.82. The molecule has 2 fully saturated rings. The van der Waals surface area contributed by atoms with E-state index in [1.807, 2.05) is 23.6 Å². The number of carbonyl (C=O) groups is 2. The maximum Gasteiger partial charge on any atom is 0.248 e. The number of piperidine rings is 1. The summed E-state index contributed by atoms with van der Waals surface area (Å²) in [5, 5.41) is 3.97.